The van der Waals surface area contributed by atoms with Crippen LogP contribution in [0.25, 0.3) is 0 Å². The van der Waals surface area contributed by atoms with Crippen molar-refractivity contribution in [3.8, 4) is 0 Å². The maximum atomic E-state index is 12.8. The molecule has 3 amide bonds. The summed E-state index contributed by atoms with van der Waals surface area (Å²) in [7, 11) is 0. The van der Waals surface area contributed by atoms with Crippen LogP contribution in [0.3, 0.4) is 0 Å². The molecule has 4 N–H and O–H groups in total. The van der Waals surface area contributed by atoms with Crippen molar-refractivity contribution in [2.24, 2.45) is 5.73 Å². The van der Waals surface area contributed by atoms with Crippen LogP contribution in [-0.2, 0) is 28.2 Å². The lowest BCUT2D eigenvalue weighted by Gasteiger charge is -2.29. The number of carbonyl (C=O) groups is 3. The normalized spacial score (nSPS) is 22.0. The van der Waals surface area contributed by atoms with Crippen LogP contribution < -0.4 is 16.4 Å². The molecule has 1 saturated carbocycles. The van der Waals surface area contributed by atoms with Gasteiger partial charge in [-0.2, -0.15) is 0 Å². The summed E-state index contributed by atoms with van der Waals surface area (Å²) >= 11 is 0. The van der Waals surface area contributed by atoms with Crippen molar-refractivity contribution >= 4 is 23.4 Å². The van der Waals surface area contributed by atoms with Crippen molar-refractivity contribution in [1.82, 2.24) is 10.2 Å². The number of rotatable bonds is 5. The number of imide groups is 1. The van der Waals surface area contributed by atoms with Gasteiger partial charge in [-0.05, 0) is 48.1 Å². The van der Waals surface area contributed by atoms with E-state index in [9.17, 15) is 14.4 Å². The molecule has 5 rings (SSSR count). The number of hydrogen-bond donors (Lipinski definition) is 3. The molecule has 0 radical (unpaired) electrons. The first-order chi connectivity index (χ1) is 14.4. The van der Waals surface area contributed by atoms with Crippen molar-refractivity contribution in [1.29, 1.82) is 0 Å². The first-order valence-electron chi connectivity index (χ1n) is 10.3. The fourth-order valence-electron chi connectivity index (χ4n) is 4.41. The maximum absolute atomic E-state index is 12.8. The molecule has 0 aromatic heterocycles. The number of benzene rings is 2. The zero-order valence-corrected chi connectivity index (χ0v) is 16.6. The molecule has 2 heterocycles. The highest BCUT2D eigenvalue weighted by Gasteiger charge is 2.41. The van der Waals surface area contributed by atoms with Crippen LogP contribution in [0.4, 0.5) is 5.69 Å². The largest absolute Gasteiger partial charge is 0.381 e. The van der Waals surface area contributed by atoms with E-state index >= 15 is 0 Å². The summed E-state index contributed by atoms with van der Waals surface area (Å²) in [5.74, 6) is -0.815. The Kier molecular flexibility index (Phi) is 4.36. The lowest BCUT2D eigenvalue weighted by molar-refractivity contribution is -0.136. The fraction of sp³-hybridized carbons (Fsp3) is 0.348. The molecule has 7 nitrogen and oxygen atoms in total. The fourth-order valence-corrected chi connectivity index (χ4v) is 4.41. The van der Waals surface area contributed by atoms with Crippen molar-refractivity contribution in [2.75, 3.05) is 5.32 Å². The molecule has 30 heavy (non-hydrogen) atoms. The van der Waals surface area contributed by atoms with E-state index in [2.05, 4.69) is 16.7 Å². The van der Waals surface area contributed by atoms with Gasteiger partial charge in [-0.15, -0.1) is 0 Å². The highest BCUT2D eigenvalue weighted by atomic mass is 16.2. The Morgan fingerprint density at radius 1 is 1.13 bits per heavy atom. The van der Waals surface area contributed by atoms with E-state index in [4.69, 9.17) is 5.73 Å². The van der Waals surface area contributed by atoms with E-state index < -0.39 is 6.04 Å². The summed E-state index contributed by atoms with van der Waals surface area (Å²) in [5, 5.41) is 5.82. The lowest BCUT2D eigenvalue weighted by Crippen LogP contribution is -2.52. The summed E-state index contributed by atoms with van der Waals surface area (Å²) in [6, 6.07) is 13.3. The van der Waals surface area contributed by atoms with Crippen molar-refractivity contribution < 1.29 is 14.4 Å². The minimum absolute atomic E-state index is 0.150. The summed E-state index contributed by atoms with van der Waals surface area (Å²) in [4.78, 5) is 38.0. The predicted molar refractivity (Wildman–Crippen MR) is 111 cm³/mol. The van der Waals surface area contributed by atoms with Gasteiger partial charge in [0.05, 0.1) is 0 Å². The molecule has 7 heteroatoms. The van der Waals surface area contributed by atoms with E-state index in [1.165, 1.54) is 0 Å². The Bertz CT molecular complexity index is 1060. The van der Waals surface area contributed by atoms with E-state index in [0.29, 0.717) is 25.1 Å². The summed E-state index contributed by atoms with van der Waals surface area (Å²) in [5.41, 5.74) is 11.0. The summed E-state index contributed by atoms with van der Waals surface area (Å²) in [6.07, 6.45) is 2.63. The molecule has 1 aliphatic carbocycles. The molecule has 1 saturated heterocycles. The second-order valence-electron chi connectivity index (χ2n) is 8.45. The van der Waals surface area contributed by atoms with Crippen LogP contribution in [-0.4, -0.2) is 28.7 Å². The Morgan fingerprint density at radius 3 is 2.70 bits per heavy atom. The van der Waals surface area contributed by atoms with Crippen molar-refractivity contribution in [3.63, 3.8) is 0 Å². The molecule has 3 aliphatic rings. The Morgan fingerprint density at radius 2 is 1.93 bits per heavy atom. The SMILES string of the molecule is NC1(c2ccccc2NCc2ccc3c(c2)CN(C2CCC(=O)NC2=O)C3=O)CC1. The molecule has 0 spiro atoms. The molecule has 1 atom stereocenters. The van der Waals surface area contributed by atoms with Gasteiger partial charge in [0.25, 0.3) is 5.91 Å². The predicted octanol–water partition coefficient (Wildman–Crippen LogP) is 2.01. The first-order valence-corrected chi connectivity index (χ1v) is 10.3. The number of nitrogens with two attached hydrogens (primary N) is 1. The monoisotopic (exact) mass is 404 g/mol. The third-order valence-corrected chi connectivity index (χ3v) is 6.32. The topological polar surface area (TPSA) is 105 Å². The number of carbonyl (C=O) groups excluding carboxylic acids is 3. The average molecular weight is 404 g/mol. The molecule has 2 aromatic rings. The second kappa shape index (κ2) is 6.95. The van der Waals surface area contributed by atoms with Gasteiger partial charge in [0.2, 0.25) is 11.8 Å². The smallest absolute Gasteiger partial charge is 0.255 e. The molecule has 2 aliphatic heterocycles. The quantitative estimate of drug-likeness (QED) is 0.662. The first kappa shape index (κ1) is 18.8. The van der Waals surface area contributed by atoms with Crippen LogP contribution in [0.5, 0.6) is 0 Å². The Labute approximate surface area is 174 Å². The molecular formula is C23H24N4O3. The Balaban J connectivity index is 1.31. The van der Waals surface area contributed by atoms with Crippen LogP contribution in [0, 0.1) is 0 Å². The highest BCUT2D eigenvalue weighted by Crippen LogP contribution is 2.45. The lowest BCUT2D eigenvalue weighted by atomic mass is 10.0. The van der Waals surface area contributed by atoms with Crippen LogP contribution in [0.15, 0.2) is 42.5 Å². The summed E-state index contributed by atoms with van der Waals surface area (Å²) < 4.78 is 0. The van der Waals surface area contributed by atoms with Crippen LogP contribution >= 0.6 is 0 Å². The van der Waals surface area contributed by atoms with Gasteiger partial charge in [-0.1, -0.05) is 30.3 Å². The summed E-state index contributed by atoms with van der Waals surface area (Å²) in [6.45, 7) is 1.00. The zero-order valence-electron chi connectivity index (χ0n) is 16.6. The molecule has 2 fully saturated rings. The van der Waals surface area contributed by atoms with E-state index in [1.54, 1.807) is 4.90 Å². The number of para-hydroxylation sites is 1. The van der Waals surface area contributed by atoms with E-state index in [1.807, 2.05) is 36.4 Å². The van der Waals surface area contributed by atoms with Crippen LogP contribution in [0.1, 0.15) is 52.7 Å². The van der Waals surface area contributed by atoms with Gasteiger partial charge in [-0.25, -0.2) is 0 Å². The van der Waals surface area contributed by atoms with E-state index in [-0.39, 0.29) is 29.7 Å². The number of fused-ring (bicyclic) bond motifs is 1. The average Bonchev–Trinajstić information content (AvgIpc) is 3.41. The number of hydrogen-bond acceptors (Lipinski definition) is 5. The van der Waals surface area contributed by atoms with Gasteiger partial charge in [0.15, 0.2) is 0 Å². The van der Waals surface area contributed by atoms with Crippen LogP contribution in [0.2, 0.25) is 0 Å². The third-order valence-electron chi connectivity index (χ3n) is 6.32. The number of nitrogens with one attached hydrogen (secondary N) is 2. The Hall–Kier alpha value is -3.19. The van der Waals surface area contributed by atoms with Crippen molar-refractivity contribution in [2.45, 2.75) is 50.4 Å². The van der Waals surface area contributed by atoms with Gasteiger partial charge in [0.1, 0.15) is 6.04 Å². The van der Waals surface area contributed by atoms with Gasteiger partial charge >= 0.3 is 0 Å². The third kappa shape index (κ3) is 3.25. The number of piperidine rings is 1. The minimum Gasteiger partial charge on any atom is -0.381 e. The van der Waals surface area contributed by atoms with E-state index in [0.717, 1.165) is 35.2 Å². The van der Waals surface area contributed by atoms with Crippen molar-refractivity contribution in [3.05, 3.63) is 64.7 Å². The molecule has 154 valence electrons. The number of amides is 3. The molecule has 2 aromatic carbocycles. The number of nitrogens with zero attached hydrogens (tertiary/aromatic N) is 1. The second-order valence-corrected chi connectivity index (χ2v) is 8.45. The standard InChI is InChI=1S/C23H24N4O3/c24-23(9-10-23)17-3-1-2-4-18(17)25-12-14-5-6-16-15(11-14)13-27(22(16)30)19-7-8-20(28)26-21(19)29/h1-6,11,19,25H,7-10,12-13,24H2,(H,26,28,29). The van der Waals surface area contributed by atoms with Gasteiger partial charge < -0.3 is 16.0 Å². The van der Waals surface area contributed by atoms with Gasteiger partial charge in [-0.3, -0.25) is 19.7 Å². The minimum atomic E-state index is -0.588. The number of anilines is 1. The molecule has 0 bridgehead atoms. The highest BCUT2D eigenvalue weighted by molar-refractivity contribution is 6.05. The molecule has 1 unspecified atom stereocenters. The zero-order chi connectivity index (χ0) is 20.9. The van der Waals surface area contributed by atoms with Gasteiger partial charge in [0, 0.05) is 36.3 Å². The molecular weight excluding hydrogens is 380 g/mol. The maximum Gasteiger partial charge on any atom is 0.255 e.